The van der Waals surface area contributed by atoms with Crippen LogP contribution in [0.1, 0.15) is 25.8 Å². The number of hydrogen-bond donors (Lipinski definition) is 1. The van der Waals surface area contributed by atoms with Crippen molar-refractivity contribution in [3.05, 3.63) is 58.6 Å². The Kier molecular flexibility index (Phi) is 7.73. The molecule has 0 saturated carbocycles. The van der Waals surface area contributed by atoms with Crippen LogP contribution in [0.5, 0.6) is 11.5 Å². The summed E-state index contributed by atoms with van der Waals surface area (Å²) < 4.78 is 12.0. The molecule has 1 N–H and O–H groups in total. The number of rotatable bonds is 8. The molecule has 0 fully saturated rings. The molecule has 0 bridgehead atoms. The summed E-state index contributed by atoms with van der Waals surface area (Å²) in [5.74, 6) is 1.75. The molecular formula is C21H24BrNO3. The van der Waals surface area contributed by atoms with Crippen LogP contribution in [0.25, 0.3) is 6.08 Å². The summed E-state index contributed by atoms with van der Waals surface area (Å²) in [5.41, 5.74) is 1.59. The largest absolute Gasteiger partial charge is 0.493 e. The fourth-order valence-electron chi connectivity index (χ4n) is 2.22. The van der Waals surface area contributed by atoms with Gasteiger partial charge in [-0.3, -0.25) is 4.79 Å². The van der Waals surface area contributed by atoms with E-state index >= 15 is 0 Å². The van der Waals surface area contributed by atoms with Gasteiger partial charge in [0.15, 0.2) is 11.5 Å². The van der Waals surface area contributed by atoms with E-state index in [1.807, 2.05) is 42.5 Å². The van der Waals surface area contributed by atoms with Crippen molar-refractivity contribution in [3.8, 4) is 11.5 Å². The van der Waals surface area contributed by atoms with Gasteiger partial charge in [-0.25, -0.2) is 0 Å². The number of para-hydroxylation sites is 1. The quantitative estimate of drug-likeness (QED) is 0.573. The highest BCUT2D eigenvalue weighted by Crippen LogP contribution is 2.29. The standard InChI is InChI=1S/C21H24BrNO3/c1-15(2)12-13-26-19-10-8-16(14-20(19)25-3)9-11-21(24)23-18-7-5-4-6-17(18)22/h4-11,14-15H,12-13H2,1-3H3,(H,23,24)/b11-9+. The smallest absolute Gasteiger partial charge is 0.248 e. The second kappa shape index (κ2) is 10.0. The van der Waals surface area contributed by atoms with Crippen LogP contribution >= 0.6 is 15.9 Å². The first-order valence-corrected chi connectivity index (χ1v) is 9.33. The predicted molar refractivity (Wildman–Crippen MR) is 110 cm³/mol. The number of nitrogens with one attached hydrogen (secondary N) is 1. The van der Waals surface area contributed by atoms with E-state index in [2.05, 4.69) is 35.1 Å². The molecule has 0 aliphatic heterocycles. The van der Waals surface area contributed by atoms with Gasteiger partial charge in [-0.1, -0.05) is 32.0 Å². The number of anilines is 1. The van der Waals surface area contributed by atoms with Crippen LogP contribution in [0.2, 0.25) is 0 Å². The summed E-state index contributed by atoms with van der Waals surface area (Å²) in [5, 5.41) is 2.83. The first kappa shape index (κ1) is 20.0. The van der Waals surface area contributed by atoms with Crippen molar-refractivity contribution < 1.29 is 14.3 Å². The van der Waals surface area contributed by atoms with Gasteiger partial charge < -0.3 is 14.8 Å². The Hall–Kier alpha value is -2.27. The lowest BCUT2D eigenvalue weighted by Gasteiger charge is -2.12. The molecule has 0 saturated heterocycles. The zero-order valence-corrected chi connectivity index (χ0v) is 16.9. The highest BCUT2D eigenvalue weighted by molar-refractivity contribution is 9.10. The minimum absolute atomic E-state index is 0.201. The van der Waals surface area contributed by atoms with Crippen LogP contribution in [0, 0.1) is 5.92 Å². The van der Waals surface area contributed by atoms with Gasteiger partial charge in [-0.15, -0.1) is 0 Å². The molecule has 0 heterocycles. The third-order valence-electron chi connectivity index (χ3n) is 3.70. The number of methoxy groups -OCH3 is 1. The Morgan fingerprint density at radius 1 is 1.19 bits per heavy atom. The highest BCUT2D eigenvalue weighted by atomic mass is 79.9. The van der Waals surface area contributed by atoms with Crippen molar-refractivity contribution in [2.24, 2.45) is 5.92 Å². The van der Waals surface area contributed by atoms with E-state index < -0.39 is 0 Å². The summed E-state index contributed by atoms with van der Waals surface area (Å²) in [7, 11) is 1.61. The summed E-state index contributed by atoms with van der Waals surface area (Å²) in [6.45, 7) is 4.97. The molecule has 0 spiro atoms. The highest BCUT2D eigenvalue weighted by Gasteiger charge is 2.06. The van der Waals surface area contributed by atoms with Crippen LogP contribution in [-0.2, 0) is 4.79 Å². The van der Waals surface area contributed by atoms with Gasteiger partial charge in [0, 0.05) is 10.5 Å². The fraction of sp³-hybridized carbons (Fsp3) is 0.286. The normalized spacial score (nSPS) is 11.0. The van der Waals surface area contributed by atoms with Gasteiger partial charge in [0.25, 0.3) is 0 Å². The molecule has 0 aliphatic carbocycles. The van der Waals surface area contributed by atoms with Gasteiger partial charge in [-0.05, 0) is 64.2 Å². The van der Waals surface area contributed by atoms with Crippen LogP contribution < -0.4 is 14.8 Å². The molecule has 4 nitrogen and oxygen atoms in total. The summed E-state index contributed by atoms with van der Waals surface area (Å²) in [4.78, 5) is 12.1. The van der Waals surface area contributed by atoms with Gasteiger partial charge in [0.2, 0.25) is 5.91 Å². The molecule has 0 atom stereocenters. The maximum absolute atomic E-state index is 12.1. The maximum Gasteiger partial charge on any atom is 0.248 e. The number of carbonyl (C=O) groups excluding carboxylic acids is 1. The van der Waals surface area contributed by atoms with E-state index in [9.17, 15) is 4.79 Å². The third-order valence-corrected chi connectivity index (χ3v) is 4.39. The first-order valence-electron chi connectivity index (χ1n) is 8.54. The van der Waals surface area contributed by atoms with Crippen molar-refractivity contribution in [3.63, 3.8) is 0 Å². The minimum Gasteiger partial charge on any atom is -0.493 e. The zero-order chi connectivity index (χ0) is 18.9. The molecule has 0 aliphatic rings. The van der Waals surface area contributed by atoms with E-state index in [1.54, 1.807) is 13.2 Å². The number of halogens is 1. The molecule has 1 amide bonds. The molecule has 0 unspecified atom stereocenters. The molecule has 0 radical (unpaired) electrons. The topological polar surface area (TPSA) is 47.6 Å². The van der Waals surface area contributed by atoms with Crippen molar-refractivity contribution >= 4 is 33.6 Å². The number of ether oxygens (including phenoxy) is 2. The second-order valence-corrected chi connectivity index (χ2v) is 7.10. The molecular weight excluding hydrogens is 394 g/mol. The van der Waals surface area contributed by atoms with E-state index in [1.165, 1.54) is 6.08 Å². The lowest BCUT2D eigenvalue weighted by atomic mass is 10.1. The Balaban J connectivity index is 2.01. The van der Waals surface area contributed by atoms with E-state index in [4.69, 9.17) is 9.47 Å². The minimum atomic E-state index is -0.201. The maximum atomic E-state index is 12.1. The van der Waals surface area contributed by atoms with Crippen molar-refractivity contribution in [1.82, 2.24) is 0 Å². The molecule has 2 rings (SSSR count). The van der Waals surface area contributed by atoms with Gasteiger partial charge in [-0.2, -0.15) is 0 Å². The summed E-state index contributed by atoms with van der Waals surface area (Å²) in [6.07, 6.45) is 4.22. The molecule has 0 aromatic heterocycles. The van der Waals surface area contributed by atoms with Crippen LogP contribution in [0.3, 0.4) is 0 Å². The lowest BCUT2D eigenvalue weighted by molar-refractivity contribution is -0.111. The summed E-state index contributed by atoms with van der Waals surface area (Å²) >= 11 is 3.41. The SMILES string of the molecule is COc1cc(/C=C/C(=O)Nc2ccccc2Br)ccc1OCCC(C)C. The van der Waals surface area contributed by atoms with Crippen LogP contribution in [0.15, 0.2) is 53.0 Å². The van der Waals surface area contributed by atoms with Gasteiger partial charge >= 0.3 is 0 Å². The van der Waals surface area contributed by atoms with Gasteiger partial charge in [0.1, 0.15) is 0 Å². The molecule has 2 aromatic rings. The number of benzene rings is 2. The number of carbonyl (C=O) groups is 1. The van der Waals surface area contributed by atoms with Crippen LogP contribution in [-0.4, -0.2) is 19.6 Å². The Morgan fingerprint density at radius 3 is 2.65 bits per heavy atom. The average molecular weight is 418 g/mol. The Morgan fingerprint density at radius 2 is 1.96 bits per heavy atom. The second-order valence-electron chi connectivity index (χ2n) is 6.24. The predicted octanol–water partition coefficient (Wildman–Crippen LogP) is 5.53. The van der Waals surface area contributed by atoms with Crippen molar-refractivity contribution in [2.75, 3.05) is 19.0 Å². The van der Waals surface area contributed by atoms with Crippen LogP contribution in [0.4, 0.5) is 5.69 Å². The molecule has 5 heteroatoms. The molecule has 26 heavy (non-hydrogen) atoms. The average Bonchev–Trinajstić information content (AvgIpc) is 2.62. The van der Waals surface area contributed by atoms with E-state index in [0.29, 0.717) is 24.0 Å². The number of amides is 1. The Labute approximate surface area is 163 Å². The summed E-state index contributed by atoms with van der Waals surface area (Å²) in [6, 6.07) is 13.1. The van der Waals surface area contributed by atoms with E-state index in [0.717, 1.165) is 22.1 Å². The Bertz CT molecular complexity index is 772. The molecule has 2 aromatic carbocycles. The monoisotopic (exact) mass is 417 g/mol. The van der Waals surface area contributed by atoms with Gasteiger partial charge in [0.05, 0.1) is 19.4 Å². The fourth-order valence-corrected chi connectivity index (χ4v) is 2.60. The van der Waals surface area contributed by atoms with E-state index in [-0.39, 0.29) is 5.91 Å². The van der Waals surface area contributed by atoms with Crippen molar-refractivity contribution in [2.45, 2.75) is 20.3 Å². The number of hydrogen-bond acceptors (Lipinski definition) is 3. The third kappa shape index (κ3) is 6.23. The van der Waals surface area contributed by atoms with Crippen molar-refractivity contribution in [1.29, 1.82) is 0 Å². The first-order chi connectivity index (χ1) is 12.5. The zero-order valence-electron chi connectivity index (χ0n) is 15.3. The lowest BCUT2D eigenvalue weighted by Crippen LogP contribution is -2.08. The molecule has 138 valence electrons.